The van der Waals surface area contributed by atoms with E-state index in [4.69, 9.17) is 16.3 Å². The number of nitrogens with one attached hydrogen (secondary N) is 1. The SMILES string of the molecule is CCOc1ccc([N+](=O)[O-])c(Nc2ccccc2Cl)c1. The summed E-state index contributed by atoms with van der Waals surface area (Å²) < 4.78 is 5.35. The molecular weight excluding hydrogens is 280 g/mol. The van der Waals surface area contributed by atoms with E-state index in [2.05, 4.69) is 5.32 Å². The number of nitro benzene ring substituents is 1. The fourth-order valence-electron chi connectivity index (χ4n) is 1.74. The van der Waals surface area contributed by atoms with Gasteiger partial charge in [0.2, 0.25) is 0 Å². The van der Waals surface area contributed by atoms with E-state index in [9.17, 15) is 10.1 Å². The van der Waals surface area contributed by atoms with Gasteiger partial charge in [-0.1, -0.05) is 23.7 Å². The minimum atomic E-state index is -0.450. The van der Waals surface area contributed by atoms with E-state index in [1.807, 2.05) is 6.92 Å². The first-order chi connectivity index (χ1) is 9.61. The number of nitrogens with zero attached hydrogens (tertiary/aromatic N) is 1. The molecule has 0 unspecified atom stereocenters. The standard InChI is InChI=1S/C14H13ClN2O3/c1-2-20-10-7-8-14(17(18)19)13(9-10)16-12-6-4-3-5-11(12)15/h3-9,16H,2H2,1H3. The maximum Gasteiger partial charge on any atom is 0.292 e. The van der Waals surface area contributed by atoms with Crippen LogP contribution >= 0.6 is 11.6 Å². The van der Waals surface area contributed by atoms with Crippen LogP contribution in [0.2, 0.25) is 5.02 Å². The molecule has 0 aliphatic carbocycles. The molecule has 20 heavy (non-hydrogen) atoms. The Kier molecular flexibility index (Phi) is 4.42. The number of ether oxygens (including phenoxy) is 1. The van der Waals surface area contributed by atoms with Gasteiger partial charge in [-0.2, -0.15) is 0 Å². The van der Waals surface area contributed by atoms with Crippen LogP contribution in [0.4, 0.5) is 17.1 Å². The van der Waals surface area contributed by atoms with Gasteiger partial charge in [-0.3, -0.25) is 10.1 Å². The van der Waals surface area contributed by atoms with Crippen molar-refractivity contribution in [2.75, 3.05) is 11.9 Å². The highest BCUT2D eigenvalue weighted by Crippen LogP contribution is 2.33. The number of hydrogen-bond acceptors (Lipinski definition) is 4. The van der Waals surface area contributed by atoms with Crippen molar-refractivity contribution in [1.82, 2.24) is 0 Å². The predicted octanol–water partition coefficient (Wildman–Crippen LogP) is 4.39. The quantitative estimate of drug-likeness (QED) is 0.655. The van der Waals surface area contributed by atoms with Gasteiger partial charge in [0.1, 0.15) is 11.4 Å². The van der Waals surface area contributed by atoms with Crippen molar-refractivity contribution in [3.63, 3.8) is 0 Å². The zero-order valence-electron chi connectivity index (χ0n) is 10.8. The van der Waals surface area contributed by atoms with E-state index >= 15 is 0 Å². The molecule has 6 heteroatoms. The van der Waals surface area contributed by atoms with Crippen molar-refractivity contribution >= 4 is 28.7 Å². The third kappa shape index (κ3) is 3.19. The Morgan fingerprint density at radius 2 is 2.00 bits per heavy atom. The Morgan fingerprint density at radius 1 is 1.25 bits per heavy atom. The molecule has 2 aromatic carbocycles. The molecule has 0 heterocycles. The molecule has 0 bridgehead atoms. The molecule has 0 radical (unpaired) electrons. The molecule has 5 nitrogen and oxygen atoms in total. The maximum absolute atomic E-state index is 11.1. The van der Waals surface area contributed by atoms with Crippen LogP contribution in [0, 0.1) is 10.1 Å². The highest BCUT2D eigenvalue weighted by molar-refractivity contribution is 6.33. The van der Waals surface area contributed by atoms with Gasteiger partial charge in [0, 0.05) is 12.1 Å². The minimum Gasteiger partial charge on any atom is -0.494 e. The lowest BCUT2D eigenvalue weighted by Crippen LogP contribution is -1.99. The van der Waals surface area contributed by atoms with Crippen LogP contribution in [0.3, 0.4) is 0 Å². The van der Waals surface area contributed by atoms with Gasteiger partial charge in [-0.05, 0) is 25.1 Å². The largest absolute Gasteiger partial charge is 0.494 e. The second kappa shape index (κ2) is 6.25. The van der Waals surface area contributed by atoms with Crippen LogP contribution in [0.1, 0.15) is 6.92 Å². The fraction of sp³-hybridized carbons (Fsp3) is 0.143. The number of para-hydroxylation sites is 1. The van der Waals surface area contributed by atoms with E-state index in [1.54, 1.807) is 36.4 Å². The molecule has 2 aromatic rings. The molecule has 0 atom stereocenters. The molecule has 0 saturated carbocycles. The van der Waals surface area contributed by atoms with E-state index in [0.717, 1.165) is 0 Å². The lowest BCUT2D eigenvalue weighted by atomic mass is 10.2. The number of hydrogen-bond donors (Lipinski definition) is 1. The molecule has 0 fully saturated rings. The molecular formula is C14H13ClN2O3. The monoisotopic (exact) mass is 292 g/mol. The van der Waals surface area contributed by atoms with Gasteiger partial charge in [0.15, 0.2) is 0 Å². The van der Waals surface area contributed by atoms with Crippen molar-refractivity contribution in [3.05, 3.63) is 57.6 Å². The van der Waals surface area contributed by atoms with Crippen LogP contribution < -0.4 is 10.1 Å². The first kappa shape index (κ1) is 14.1. The lowest BCUT2D eigenvalue weighted by molar-refractivity contribution is -0.383. The summed E-state index contributed by atoms with van der Waals surface area (Å²) in [5.74, 6) is 0.563. The number of rotatable bonds is 5. The third-order valence-electron chi connectivity index (χ3n) is 2.62. The summed E-state index contributed by atoms with van der Waals surface area (Å²) in [7, 11) is 0. The molecule has 104 valence electrons. The third-order valence-corrected chi connectivity index (χ3v) is 2.95. The van der Waals surface area contributed by atoms with Crippen LogP contribution in [0.5, 0.6) is 5.75 Å². The van der Waals surface area contributed by atoms with E-state index in [0.29, 0.717) is 28.8 Å². The number of anilines is 2. The van der Waals surface area contributed by atoms with Gasteiger partial charge >= 0.3 is 0 Å². The molecule has 0 amide bonds. The van der Waals surface area contributed by atoms with Crippen LogP contribution in [-0.2, 0) is 0 Å². The van der Waals surface area contributed by atoms with Gasteiger partial charge in [-0.25, -0.2) is 0 Å². The Bertz CT molecular complexity index is 632. The summed E-state index contributed by atoms with van der Waals surface area (Å²) in [6.45, 7) is 2.34. The van der Waals surface area contributed by atoms with Crippen molar-refractivity contribution in [2.24, 2.45) is 0 Å². The summed E-state index contributed by atoms with van der Waals surface area (Å²) in [5.41, 5.74) is 0.910. The Hall–Kier alpha value is -2.27. The Balaban J connectivity index is 2.40. The first-order valence-corrected chi connectivity index (χ1v) is 6.42. The average molecular weight is 293 g/mol. The highest BCUT2D eigenvalue weighted by Gasteiger charge is 2.15. The molecule has 0 aliphatic rings. The smallest absolute Gasteiger partial charge is 0.292 e. The molecule has 0 aliphatic heterocycles. The van der Waals surface area contributed by atoms with Crippen molar-refractivity contribution < 1.29 is 9.66 Å². The zero-order valence-corrected chi connectivity index (χ0v) is 11.6. The van der Waals surface area contributed by atoms with E-state index < -0.39 is 4.92 Å². The van der Waals surface area contributed by atoms with Crippen molar-refractivity contribution in [3.8, 4) is 5.75 Å². The average Bonchev–Trinajstić information content (AvgIpc) is 2.42. The van der Waals surface area contributed by atoms with E-state index in [-0.39, 0.29) is 5.69 Å². The van der Waals surface area contributed by atoms with Gasteiger partial charge in [0.25, 0.3) is 5.69 Å². The number of halogens is 1. The minimum absolute atomic E-state index is 0.0339. The van der Waals surface area contributed by atoms with Gasteiger partial charge < -0.3 is 10.1 Å². The molecule has 0 spiro atoms. The summed E-state index contributed by atoms with van der Waals surface area (Å²) in [4.78, 5) is 10.6. The molecule has 0 aromatic heterocycles. The topological polar surface area (TPSA) is 64.4 Å². The summed E-state index contributed by atoms with van der Waals surface area (Å²) in [5, 5.41) is 14.5. The van der Waals surface area contributed by atoms with Crippen molar-refractivity contribution in [2.45, 2.75) is 6.92 Å². The normalized spacial score (nSPS) is 10.1. The second-order valence-electron chi connectivity index (χ2n) is 3.97. The zero-order chi connectivity index (χ0) is 14.5. The predicted molar refractivity (Wildman–Crippen MR) is 79.0 cm³/mol. The second-order valence-corrected chi connectivity index (χ2v) is 4.38. The fourth-order valence-corrected chi connectivity index (χ4v) is 1.92. The molecule has 1 N–H and O–H groups in total. The lowest BCUT2D eigenvalue weighted by Gasteiger charge is -2.10. The van der Waals surface area contributed by atoms with Gasteiger partial charge in [0.05, 0.1) is 22.2 Å². The van der Waals surface area contributed by atoms with Crippen LogP contribution in [0.15, 0.2) is 42.5 Å². The number of benzene rings is 2. The Morgan fingerprint density at radius 3 is 2.65 bits per heavy atom. The van der Waals surface area contributed by atoms with Crippen LogP contribution in [-0.4, -0.2) is 11.5 Å². The van der Waals surface area contributed by atoms with Gasteiger partial charge in [-0.15, -0.1) is 0 Å². The molecule has 2 rings (SSSR count). The van der Waals surface area contributed by atoms with Crippen LogP contribution in [0.25, 0.3) is 0 Å². The summed E-state index contributed by atoms with van der Waals surface area (Å²) >= 11 is 6.04. The molecule has 0 saturated heterocycles. The summed E-state index contributed by atoms with van der Waals surface area (Å²) in [6, 6.07) is 11.6. The highest BCUT2D eigenvalue weighted by atomic mass is 35.5. The summed E-state index contributed by atoms with van der Waals surface area (Å²) in [6.07, 6.45) is 0. The number of nitro groups is 1. The first-order valence-electron chi connectivity index (χ1n) is 6.04. The van der Waals surface area contributed by atoms with Crippen molar-refractivity contribution in [1.29, 1.82) is 0 Å². The maximum atomic E-state index is 11.1. The Labute approximate surface area is 121 Å². The van der Waals surface area contributed by atoms with E-state index in [1.165, 1.54) is 6.07 Å².